The summed E-state index contributed by atoms with van der Waals surface area (Å²) in [4.78, 5) is 27.0. The number of amides is 1. The number of pyridine rings is 2. The highest BCUT2D eigenvalue weighted by molar-refractivity contribution is 5.83. The normalized spacial score (nSPS) is 16.4. The average molecular weight is 435 g/mol. The first-order valence-corrected chi connectivity index (χ1v) is 10.0. The van der Waals surface area contributed by atoms with Crippen molar-refractivity contribution in [3.05, 3.63) is 66.5 Å². The number of nitrogens with zero attached hydrogens (tertiary/aromatic N) is 5. The lowest BCUT2D eigenvalue weighted by atomic mass is 10.2. The minimum atomic E-state index is -0.720. The fourth-order valence-corrected chi connectivity index (χ4v) is 3.86. The zero-order valence-electron chi connectivity index (χ0n) is 16.9. The monoisotopic (exact) mass is 435 g/mol. The molecule has 5 rings (SSSR count). The predicted octanol–water partition coefficient (Wildman–Crippen LogP) is 2.02. The molecule has 1 aliphatic heterocycles. The number of nitrogens with one attached hydrogen (secondary N) is 1. The van der Waals surface area contributed by atoms with Gasteiger partial charge in [0.2, 0.25) is 5.91 Å². The average Bonchev–Trinajstić information content (AvgIpc) is 3.18. The van der Waals surface area contributed by atoms with Gasteiger partial charge in [-0.05, 0) is 36.4 Å². The number of nitrogens with two attached hydrogens (primary N) is 1. The number of aromatic nitrogens is 4. The van der Waals surface area contributed by atoms with Crippen LogP contribution in [0.1, 0.15) is 0 Å². The molecule has 8 nitrogen and oxygen atoms in total. The Balaban J connectivity index is 1.68. The topological polar surface area (TPSA) is 102 Å². The van der Waals surface area contributed by atoms with Gasteiger partial charge in [0, 0.05) is 38.1 Å². The van der Waals surface area contributed by atoms with E-state index in [4.69, 9.17) is 10.7 Å². The van der Waals surface area contributed by atoms with Crippen molar-refractivity contribution in [1.29, 1.82) is 0 Å². The number of anilines is 1. The molecule has 1 saturated heterocycles. The molecule has 10 heteroatoms. The van der Waals surface area contributed by atoms with Gasteiger partial charge in [-0.25, -0.2) is 18.7 Å². The van der Waals surface area contributed by atoms with Crippen molar-refractivity contribution in [2.24, 2.45) is 5.73 Å². The molecular weight excluding hydrogens is 416 g/mol. The molecule has 1 amide bonds. The Bertz CT molecular complexity index is 1310. The van der Waals surface area contributed by atoms with Crippen LogP contribution in [-0.2, 0) is 4.79 Å². The maximum atomic E-state index is 14.7. The Hall–Kier alpha value is -3.92. The van der Waals surface area contributed by atoms with Gasteiger partial charge in [0.25, 0.3) is 0 Å². The Labute approximate surface area is 181 Å². The number of halogens is 2. The van der Waals surface area contributed by atoms with Gasteiger partial charge >= 0.3 is 0 Å². The summed E-state index contributed by atoms with van der Waals surface area (Å²) in [6.45, 7) is 1.62. The number of fused-ring (bicyclic) bond motifs is 1. The van der Waals surface area contributed by atoms with E-state index in [-0.39, 0.29) is 5.56 Å². The van der Waals surface area contributed by atoms with Gasteiger partial charge in [0.15, 0.2) is 5.65 Å². The first-order chi connectivity index (χ1) is 15.5. The van der Waals surface area contributed by atoms with Gasteiger partial charge < -0.3 is 16.0 Å². The van der Waals surface area contributed by atoms with E-state index in [1.165, 1.54) is 12.1 Å². The second-order valence-electron chi connectivity index (χ2n) is 7.47. The van der Waals surface area contributed by atoms with Crippen LogP contribution in [0.4, 0.5) is 14.6 Å². The number of benzene rings is 1. The summed E-state index contributed by atoms with van der Waals surface area (Å²) >= 11 is 0. The molecule has 3 aromatic heterocycles. The summed E-state index contributed by atoms with van der Waals surface area (Å²) in [6.07, 6.45) is 3.23. The largest absolute Gasteiger partial charge is 0.368 e. The van der Waals surface area contributed by atoms with Crippen molar-refractivity contribution in [2.45, 2.75) is 6.04 Å². The van der Waals surface area contributed by atoms with Crippen LogP contribution in [0.15, 0.2) is 54.9 Å². The highest BCUT2D eigenvalue weighted by atomic mass is 19.1. The number of primary amides is 1. The first-order valence-electron chi connectivity index (χ1n) is 10.0. The molecular formula is C22H19F2N7O. The highest BCUT2D eigenvalue weighted by Crippen LogP contribution is 2.31. The molecule has 162 valence electrons. The molecule has 0 saturated carbocycles. The van der Waals surface area contributed by atoms with Crippen molar-refractivity contribution in [3.63, 3.8) is 0 Å². The molecule has 1 atom stereocenters. The lowest BCUT2D eigenvalue weighted by Crippen LogP contribution is -2.56. The van der Waals surface area contributed by atoms with Crippen molar-refractivity contribution >= 4 is 22.9 Å². The molecule has 4 aromatic rings. The number of rotatable bonds is 4. The predicted molar refractivity (Wildman–Crippen MR) is 115 cm³/mol. The molecule has 0 aliphatic carbocycles. The van der Waals surface area contributed by atoms with Crippen LogP contribution in [0.3, 0.4) is 0 Å². The van der Waals surface area contributed by atoms with E-state index in [2.05, 4.69) is 15.3 Å². The number of hydrogen-bond donors (Lipinski definition) is 2. The van der Waals surface area contributed by atoms with Crippen LogP contribution in [0, 0.1) is 11.6 Å². The fraction of sp³-hybridized carbons (Fsp3) is 0.182. The van der Waals surface area contributed by atoms with E-state index in [9.17, 15) is 13.6 Å². The molecule has 32 heavy (non-hydrogen) atoms. The number of hydrogen-bond acceptors (Lipinski definition) is 6. The van der Waals surface area contributed by atoms with Gasteiger partial charge in [0.1, 0.15) is 34.8 Å². The third-order valence-corrected chi connectivity index (χ3v) is 5.43. The zero-order valence-corrected chi connectivity index (χ0v) is 16.9. The van der Waals surface area contributed by atoms with E-state index >= 15 is 0 Å². The maximum absolute atomic E-state index is 14.7. The van der Waals surface area contributed by atoms with Crippen LogP contribution in [-0.4, -0.2) is 51.1 Å². The van der Waals surface area contributed by atoms with Crippen molar-refractivity contribution in [3.8, 4) is 17.1 Å². The van der Waals surface area contributed by atoms with E-state index in [1.54, 1.807) is 41.2 Å². The lowest BCUT2D eigenvalue weighted by molar-refractivity contribution is -0.120. The minimum absolute atomic E-state index is 0.152. The third kappa shape index (κ3) is 3.54. The van der Waals surface area contributed by atoms with Gasteiger partial charge in [-0.3, -0.25) is 14.3 Å². The van der Waals surface area contributed by atoms with E-state index in [0.29, 0.717) is 48.1 Å². The summed E-state index contributed by atoms with van der Waals surface area (Å²) in [5.74, 6) is -0.870. The molecule has 0 radical (unpaired) electrons. The number of carbonyl (C=O) groups is 1. The summed E-state index contributed by atoms with van der Waals surface area (Å²) in [5, 5.41) is 3.09. The fourth-order valence-electron chi connectivity index (χ4n) is 3.86. The Morgan fingerprint density at radius 2 is 1.91 bits per heavy atom. The summed E-state index contributed by atoms with van der Waals surface area (Å²) in [7, 11) is 0. The summed E-state index contributed by atoms with van der Waals surface area (Å²) in [6, 6.07) is 10.0. The van der Waals surface area contributed by atoms with Crippen LogP contribution in [0.25, 0.3) is 28.2 Å². The molecule has 4 heterocycles. The summed E-state index contributed by atoms with van der Waals surface area (Å²) in [5.41, 5.74) is 7.34. The van der Waals surface area contributed by atoms with Crippen LogP contribution < -0.4 is 16.0 Å². The molecule has 1 fully saturated rings. The standard InChI is InChI=1S/C22H19F2N7O/c23-13-1-2-15(16(24)11-13)21-28-17-3-4-19(30-10-9-27-18(12-30)20(25)32)29-22(17)31(21)14-5-7-26-8-6-14/h1-8,11,18,27H,9-10,12H2,(H2,25,32)/t18-/m1/s1. The first kappa shape index (κ1) is 20.0. The molecule has 3 N–H and O–H groups in total. The second-order valence-corrected chi connectivity index (χ2v) is 7.47. The maximum Gasteiger partial charge on any atom is 0.236 e. The number of imidazole rings is 1. The van der Waals surface area contributed by atoms with Crippen molar-refractivity contribution < 1.29 is 13.6 Å². The SMILES string of the molecule is NC(=O)[C@H]1CN(c2ccc3nc(-c4ccc(F)cc4F)n(-c4ccncc4)c3n2)CCN1. The molecule has 0 bridgehead atoms. The Kier molecular flexibility index (Phi) is 4.98. The van der Waals surface area contributed by atoms with Gasteiger partial charge in [0.05, 0.1) is 11.3 Å². The molecule has 1 aliphatic rings. The van der Waals surface area contributed by atoms with Crippen LogP contribution in [0.2, 0.25) is 0 Å². The lowest BCUT2D eigenvalue weighted by Gasteiger charge is -2.32. The quantitative estimate of drug-likeness (QED) is 0.509. The number of piperazine rings is 1. The van der Waals surface area contributed by atoms with Crippen LogP contribution >= 0.6 is 0 Å². The Morgan fingerprint density at radius 1 is 1.09 bits per heavy atom. The molecule has 0 spiro atoms. The van der Waals surface area contributed by atoms with Gasteiger partial charge in [-0.1, -0.05) is 0 Å². The third-order valence-electron chi connectivity index (χ3n) is 5.43. The van der Waals surface area contributed by atoms with E-state index < -0.39 is 23.6 Å². The smallest absolute Gasteiger partial charge is 0.236 e. The summed E-state index contributed by atoms with van der Waals surface area (Å²) < 4.78 is 29.9. The van der Waals surface area contributed by atoms with E-state index in [1.807, 2.05) is 4.90 Å². The number of carbonyl (C=O) groups excluding carboxylic acids is 1. The van der Waals surface area contributed by atoms with Gasteiger partial charge in [-0.15, -0.1) is 0 Å². The van der Waals surface area contributed by atoms with Crippen LogP contribution in [0.5, 0.6) is 0 Å². The van der Waals surface area contributed by atoms with Gasteiger partial charge in [-0.2, -0.15) is 0 Å². The Morgan fingerprint density at radius 3 is 2.66 bits per heavy atom. The zero-order chi connectivity index (χ0) is 22.2. The molecule has 0 unspecified atom stereocenters. The van der Waals surface area contributed by atoms with Crippen molar-refractivity contribution in [2.75, 3.05) is 24.5 Å². The van der Waals surface area contributed by atoms with Crippen molar-refractivity contribution in [1.82, 2.24) is 24.8 Å². The molecule has 1 aromatic carbocycles. The minimum Gasteiger partial charge on any atom is -0.368 e. The highest BCUT2D eigenvalue weighted by Gasteiger charge is 2.25. The van der Waals surface area contributed by atoms with E-state index in [0.717, 1.165) is 6.07 Å². The second kappa shape index (κ2) is 7.97.